The average Bonchev–Trinajstić information content (AvgIpc) is 2.39. The van der Waals surface area contributed by atoms with Crippen LogP contribution in [0, 0.1) is 0 Å². The molecule has 1 aromatic heterocycles. The van der Waals surface area contributed by atoms with Crippen LogP contribution in [0.1, 0.15) is 29.5 Å². The minimum absolute atomic E-state index is 0.00256. The zero-order valence-electron chi connectivity index (χ0n) is 10.8. The van der Waals surface area contributed by atoms with E-state index in [1.807, 2.05) is 6.08 Å². The minimum Gasteiger partial charge on any atom is -0.464 e. The number of ether oxygens (including phenoxy) is 1. The molecule has 0 bridgehead atoms. The predicted molar refractivity (Wildman–Crippen MR) is 74.6 cm³/mol. The molecule has 0 aliphatic rings. The smallest absolute Gasteiger partial charge is 0.360 e. The first kappa shape index (κ1) is 15.2. The van der Waals surface area contributed by atoms with Crippen molar-refractivity contribution in [3.63, 3.8) is 0 Å². The third kappa shape index (κ3) is 5.09. The molecule has 0 saturated heterocycles. The summed E-state index contributed by atoms with van der Waals surface area (Å²) in [5.74, 6) is 0.126. The fourth-order valence-electron chi connectivity index (χ4n) is 1.21. The molecule has 0 atom stereocenters. The SMILES string of the molecule is COC(=O)c1nc(C=CCCSC(C)=O)cnc1N. The fourth-order valence-corrected chi connectivity index (χ4v) is 1.76. The van der Waals surface area contributed by atoms with Crippen LogP contribution in [0.3, 0.4) is 0 Å². The van der Waals surface area contributed by atoms with Crippen molar-refractivity contribution in [2.24, 2.45) is 0 Å². The second-order valence-electron chi connectivity index (χ2n) is 3.55. The number of carbonyl (C=O) groups excluding carboxylic acids is 2. The molecule has 7 heteroatoms. The molecule has 0 unspecified atom stereocenters. The quantitative estimate of drug-likeness (QED) is 0.645. The summed E-state index contributed by atoms with van der Waals surface area (Å²) in [5, 5.41) is 0.0913. The number of methoxy groups -OCH3 is 1. The Hall–Kier alpha value is -1.89. The molecule has 1 rings (SSSR count). The number of nitrogens with zero attached hydrogens (tertiary/aromatic N) is 2. The molecule has 0 aliphatic carbocycles. The molecule has 0 saturated carbocycles. The van der Waals surface area contributed by atoms with Crippen LogP contribution in [0.15, 0.2) is 12.3 Å². The van der Waals surface area contributed by atoms with Crippen LogP contribution in [0.2, 0.25) is 0 Å². The van der Waals surface area contributed by atoms with Gasteiger partial charge in [0.15, 0.2) is 16.6 Å². The summed E-state index contributed by atoms with van der Waals surface area (Å²) < 4.78 is 4.56. The van der Waals surface area contributed by atoms with E-state index >= 15 is 0 Å². The van der Waals surface area contributed by atoms with Crippen LogP contribution in [-0.2, 0) is 9.53 Å². The molecule has 0 spiro atoms. The Morgan fingerprint density at radius 1 is 1.53 bits per heavy atom. The first-order valence-electron chi connectivity index (χ1n) is 5.55. The molecule has 0 fully saturated rings. The molecule has 0 radical (unpaired) electrons. The van der Waals surface area contributed by atoms with Crippen LogP contribution >= 0.6 is 11.8 Å². The molecule has 0 aromatic carbocycles. The first-order chi connectivity index (χ1) is 9.04. The van der Waals surface area contributed by atoms with Gasteiger partial charge in [-0.1, -0.05) is 17.8 Å². The Morgan fingerprint density at radius 3 is 2.89 bits per heavy atom. The van der Waals surface area contributed by atoms with Crippen molar-refractivity contribution in [1.82, 2.24) is 9.97 Å². The first-order valence-corrected chi connectivity index (χ1v) is 6.54. The van der Waals surface area contributed by atoms with E-state index in [2.05, 4.69) is 14.7 Å². The van der Waals surface area contributed by atoms with E-state index in [1.54, 1.807) is 6.08 Å². The Labute approximate surface area is 115 Å². The third-order valence-electron chi connectivity index (χ3n) is 2.08. The molecule has 0 aliphatic heterocycles. The molecule has 102 valence electrons. The molecule has 19 heavy (non-hydrogen) atoms. The standard InChI is InChI=1S/C12H15N3O3S/c1-8(16)19-6-4-3-5-9-7-14-11(13)10(15-9)12(17)18-2/h3,5,7H,4,6H2,1-2H3,(H2,13,14). The summed E-state index contributed by atoms with van der Waals surface area (Å²) in [4.78, 5) is 30.0. The second-order valence-corrected chi connectivity index (χ2v) is 4.82. The van der Waals surface area contributed by atoms with Crippen molar-refractivity contribution < 1.29 is 14.3 Å². The molecule has 1 heterocycles. The minimum atomic E-state index is -0.618. The summed E-state index contributed by atoms with van der Waals surface area (Å²) in [5.41, 5.74) is 6.05. The van der Waals surface area contributed by atoms with E-state index in [0.29, 0.717) is 11.4 Å². The van der Waals surface area contributed by atoms with Crippen molar-refractivity contribution >= 4 is 34.7 Å². The van der Waals surface area contributed by atoms with Gasteiger partial charge in [-0.3, -0.25) is 4.79 Å². The molecule has 1 aromatic rings. The van der Waals surface area contributed by atoms with Gasteiger partial charge in [0.2, 0.25) is 0 Å². The van der Waals surface area contributed by atoms with Gasteiger partial charge >= 0.3 is 5.97 Å². The molecular formula is C12H15N3O3S. The predicted octanol–water partition coefficient (Wildman–Crippen LogP) is 1.53. The molecular weight excluding hydrogens is 266 g/mol. The number of thioether (sulfide) groups is 1. The highest BCUT2D eigenvalue weighted by atomic mass is 32.2. The number of aromatic nitrogens is 2. The topological polar surface area (TPSA) is 95.2 Å². The van der Waals surface area contributed by atoms with Gasteiger partial charge in [0.25, 0.3) is 0 Å². The number of rotatable bonds is 5. The Balaban J connectivity index is 2.66. The van der Waals surface area contributed by atoms with Gasteiger partial charge in [-0.05, 0) is 12.5 Å². The number of nitrogens with two attached hydrogens (primary N) is 1. The summed E-state index contributed by atoms with van der Waals surface area (Å²) in [6, 6.07) is 0. The summed E-state index contributed by atoms with van der Waals surface area (Å²) >= 11 is 1.26. The highest BCUT2D eigenvalue weighted by Crippen LogP contribution is 2.10. The maximum absolute atomic E-state index is 11.4. The summed E-state index contributed by atoms with van der Waals surface area (Å²) in [6.45, 7) is 1.53. The second kappa shape index (κ2) is 7.52. The lowest BCUT2D eigenvalue weighted by molar-refractivity contribution is -0.109. The maximum atomic E-state index is 11.4. The van der Waals surface area contributed by atoms with Crippen molar-refractivity contribution in [2.75, 3.05) is 18.6 Å². The Kier molecular flexibility index (Phi) is 6.01. The number of hydrogen-bond donors (Lipinski definition) is 1. The zero-order valence-corrected chi connectivity index (χ0v) is 11.6. The lowest BCUT2D eigenvalue weighted by Crippen LogP contribution is -2.10. The largest absolute Gasteiger partial charge is 0.464 e. The molecule has 0 amide bonds. The monoisotopic (exact) mass is 281 g/mol. The van der Waals surface area contributed by atoms with E-state index in [4.69, 9.17) is 5.73 Å². The third-order valence-corrected chi connectivity index (χ3v) is 2.92. The summed E-state index contributed by atoms with van der Waals surface area (Å²) in [7, 11) is 1.25. The van der Waals surface area contributed by atoms with Crippen LogP contribution in [0.5, 0.6) is 0 Å². The molecule has 2 N–H and O–H groups in total. The maximum Gasteiger partial charge on any atom is 0.360 e. The number of nitrogen functional groups attached to an aromatic ring is 1. The van der Waals surface area contributed by atoms with Crippen molar-refractivity contribution in [3.8, 4) is 0 Å². The number of hydrogen-bond acceptors (Lipinski definition) is 7. The Bertz CT molecular complexity index is 503. The fraction of sp³-hybridized carbons (Fsp3) is 0.333. The van der Waals surface area contributed by atoms with Gasteiger partial charge in [0.05, 0.1) is 19.0 Å². The highest BCUT2D eigenvalue weighted by molar-refractivity contribution is 8.13. The van der Waals surface area contributed by atoms with E-state index in [-0.39, 0.29) is 16.6 Å². The van der Waals surface area contributed by atoms with Crippen LogP contribution in [0.25, 0.3) is 6.08 Å². The zero-order chi connectivity index (χ0) is 14.3. The number of esters is 1. The molecule has 6 nitrogen and oxygen atoms in total. The van der Waals surface area contributed by atoms with Crippen molar-refractivity contribution in [3.05, 3.63) is 23.7 Å². The Morgan fingerprint density at radius 2 is 2.26 bits per heavy atom. The summed E-state index contributed by atoms with van der Waals surface area (Å²) in [6.07, 6.45) is 5.77. The average molecular weight is 281 g/mol. The van der Waals surface area contributed by atoms with Gasteiger partial charge < -0.3 is 10.5 Å². The van der Waals surface area contributed by atoms with Gasteiger partial charge in [-0.2, -0.15) is 0 Å². The van der Waals surface area contributed by atoms with E-state index in [1.165, 1.54) is 32.0 Å². The number of allylic oxidation sites excluding steroid dienone is 1. The van der Waals surface area contributed by atoms with Gasteiger partial charge in [0, 0.05) is 12.7 Å². The van der Waals surface area contributed by atoms with Crippen molar-refractivity contribution in [2.45, 2.75) is 13.3 Å². The normalized spacial score (nSPS) is 10.6. The van der Waals surface area contributed by atoms with E-state index < -0.39 is 5.97 Å². The van der Waals surface area contributed by atoms with Crippen molar-refractivity contribution in [1.29, 1.82) is 0 Å². The van der Waals surface area contributed by atoms with Crippen LogP contribution in [-0.4, -0.2) is 33.9 Å². The van der Waals surface area contributed by atoms with Gasteiger partial charge in [0.1, 0.15) is 0 Å². The lowest BCUT2D eigenvalue weighted by Gasteiger charge is -2.02. The lowest BCUT2D eigenvalue weighted by atomic mass is 10.3. The number of anilines is 1. The van der Waals surface area contributed by atoms with Gasteiger partial charge in [-0.25, -0.2) is 14.8 Å². The van der Waals surface area contributed by atoms with Crippen LogP contribution in [0.4, 0.5) is 5.82 Å². The number of carbonyl (C=O) groups is 2. The van der Waals surface area contributed by atoms with Crippen LogP contribution < -0.4 is 5.73 Å². The van der Waals surface area contributed by atoms with E-state index in [0.717, 1.165) is 6.42 Å². The van der Waals surface area contributed by atoms with E-state index in [9.17, 15) is 9.59 Å². The highest BCUT2D eigenvalue weighted by Gasteiger charge is 2.13. The van der Waals surface area contributed by atoms with Gasteiger partial charge in [-0.15, -0.1) is 0 Å².